The van der Waals surface area contributed by atoms with Gasteiger partial charge < -0.3 is 5.32 Å². The molecular weight excluding hydrogens is 146 g/mol. The second-order valence-corrected chi connectivity index (χ2v) is 4.24. The number of hydrogen-bond donors (Lipinski definition) is 1. The summed E-state index contributed by atoms with van der Waals surface area (Å²) in [4.78, 5) is 0. The predicted octanol–water partition coefficient (Wildman–Crippen LogP) is 2.73. The van der Waals surface area contributed by atoms with Gasteiger partial charge in [-0.2, -0.15) is 0 Å². The second kappa shape index (κ2) is 4.66. The normalized spacial score (nSPS) is 19.2. The molecule has 1 aliphatic carbocycles. The van der Waals surface area contributed by atoms with Crippen molar-refractivity contribution in [2.75, 3.05) is 6.54 Å². The van der Waals surface area contributed by atoms with Crippen LogP contribution in [0.5, 0.6) is 0 Å². The molecule has 1 fully saturated rings. The van der Waals surface area contributed by atoms with Gasteiger partial charge in [-0.1, -0.05) is 18.4 Å². The van der Waals surface area contributed by atoms with Gasteiger partial charge in [0.1, 0.15) is 0 Å². The maximum absolute atomic E-state index is 3.89. The molecule has 70 valence electrons. The Morgan fingerprint density at radius 2 is 2.25 bits per heavy atom. The lowest BCUT2D eigenvalue weighted by Gasteiger charge is -2.12. The van der Waals surface area contributed by atoms with Crippen LogP contribution in [-0.2, 0) is 0 Å². The van der Waals surface area contributed by atoms with Crippen LogP contribution in [0.3, 0.4) is 0 Å². The molecular formula is C11H21N. The molecule has 0 bridgehead atoms. The molecule has 1 N–H and O–H groups in total. The average molecular weight is 167 g/mol. The van der Waals surface area contributed by atoms with E-state index in [9.17, 15) is 0 Å². The van der Waals surface area contributed by atoms with E-state index in [1.165, 1.54) is 24.8 Å². The Morgan fingerprint density at radius 3 is 2.75 bits per heavy atom. The zero-order chi connectivity index (χ0) is 8.97. The topological polar surface area (TPSA) is 12.0 Å². The summed E-state index contributed by atoms with van der Waals surface area (Å²) in [5.41, 5.74) is 1.28. The molecule has 1 saturated carbocycles. The Morgan fingerprint density at radius 1 is 1.58 bits per heavy atom. The van der Waals surface area contributed by atoms with Crippen LogP contribution in [0, 0.1) is 5.92 Å². The summed E-state index contributed by atoms with van der Waals surface area (Å²) in [6.07, 6.45) is 5.42. The van der Waals surface area contributed by atoms with Crippen LogP contribution in [-0.4, -0.2) is 12.6 Å². The first-order valence-corrected chi connectivity index (χ1v) is 5.06. The molecule has 12 heavy (non-hydrogen) atoms. The van der Waals surface area contributed by atoms with Gasteiger partial charge in [0, 0.05) is 6.04 Å². The van der Waals surface area contributed by atoms with Crippen molar-refractivity contribution < 1.29 is 0 Å². The molecule has 1 atom stereocenters. The molecule has 0 radical (unpaired) electrons. The highest BCUT2D eigenvalue weighted by Crippen LogP contribution is 2.33. The molecule has 0 saturated heterocycles. The lowest BCUT2D eigenvalue weighted by atomic mass is 10.1. The Kier molecular flexibility index (Phi) is 3.80. The molecule has 0 aromatic heterocycles. The van der Waals surface area contributed by atoms with E-state index in [2.05, 4.69) is 25.7 Å². The fourth-order valence-corrected chi connectivity index (χ4v) is 1.47. The molecule has 1 heteroatoms. The maximum Gasteiger partial charge on any atom is 0.00414 e. The van der Waals surface area contributed by atoms with E-state index in [4.69, 9.17) is 0 Å². The molecule has 1 aliphatic rings. The van der Waals surface area contributed by atoms with E-state index in [0.29, 0.717) is 6.04 Å². The minimum Gasteiger partial charge on any atom is -0.314 e. The highest BCUT2D eigenvalue weighted by Gasteiger charge is 2.22. The van der Waals surface area contributed by atoms with E-state index in [0.717, 1.165) is 18.9 Å². The van der Waals surface area contributed by atoms with Crippen molar-refractivity contribution in [1.29, 1.82) is 0 Å². The first-order valence-electron chi connectivity index (χ1n) is 5.06. The molecule has 0 aromatic carbocycles. The Balaban J connectivity index is 1.93. The van der Waals surface area contributed by atoms with Crippen molar-refractivity contribution in [2.24, 2.45) is 5.92 Å². The van der Waals surface area contributed by atoms with Crippen LogP contribution in [0.2, 0.25) is 0 Å². The Labute approximate surface area is 76.2 Å². The molecule has 0 aliphatic heterocycles. The smallest absolute Gasteiger partial charge is 0.00414 e. The van der Waals surface area contributed by atoms with E-state index in [1.54, 1.807) is 0 Å². The summed E-state index contributed by atoms with van der Waals surface area (Å²) in [6, 6.07) is 0.705. The van der Waals surface area contributed by atoms with Gasteiger partial charge in [-0.05, 0) is 39.2 Å². The van der Waals surface area contributed by atoms with Gasteiger partial charge in [0.15, 0.2) is 0 Å². The highest BCUT2D eigenvalue weighted by atomic mass is 14.9. The largest absolute Gasteiger partial charge is 0.314 e. The van der Waals surface area contributed by atoms with Crippen LogP contribution in [0.4, 0.5) is 0 Å². The lowest BCUT2D eigenvalue weighted by molar-refractivity contribution is 0.491. The third-order valence-electron chi connectivity index (χ3n) is 2.43. The monoisotopic (exact) mass is 167 g/mol. The van der Waals surface area contributed by atoms with E-state index in [1.807, 2.05) is 0 Å². The van der Waals surface area contributed by atoms with Crippen LogP contribution in [0.1, 0.15) is 39.5 Å². The van der Waals surface area contributed by atoms with Crippen molar-refractivity contribution in [3.63, 3.8) is 0 Å². The van der Waals surface area contributed by atoms with Gasteiger partial charge in [-0.15, -0.1) is 6.58 Å². The van der Waals surface area contributed by atoms with Crippen molar-refractivity contribution in [2.45, 2.75) is 45.6 Å². The summed E-state index contributed by atoms with van der Waals surface area (Å²) in [5, 5.41) is 3.52. The zero-order valence-electron chi connectivity index (χ0n) is 8.40. The SMILES string of the molecule is C=C(C)CCNC(C)CC1CC1. The summed E-state index contributed by atoms with van der Waals surface area (Å²) in [5.74, 6) is 1.04. The molecule has 0 amide bonds. The summed E-state index contributed by atoms with van der Waals surface area (Å²) < 4.78 is 0. The first-order chi connectivity index (χ1) is 5.68. The predicted molar refractivity (Wildman–Crippen MR) is 54.2 cm³/mol. The molecule has 0 aromatic rings. The molecule has 0 spiro atoms. The average Bonchev–Trinajstić information content (AvgIpc) is 2.70. The van der Waals surface area contributed by atoms with Crippen LogP contribution < -0.4 is 5.32 Å². The highest BCUT2D eigenvalue weighted by molar-refractivity contribution is 4.88. The molecule has 0 heterocycles. The maximum atomic E-state index is 3.89. The summed E-state index contributed by atoms with van der Waals surface area (Å²) in [6.45, 7) is 9.36. The van der Waals surface area contributed by atoms with Gasteiger partial charge in [0.05, 0.1) is 0 Å². The minimum atomic E-state index is 0.705. The fourth-order valence-electron chi connectivity index (χ4n) is 1.47. The fraction of sp³-hybridized carbons (Fsp3) is 0.818. The minimum absolute atomic E-state index is 0.705. The Bertz CT molecular complexity index is 147. The van der Waals surface area contributed by atoms with Gasteiger partial charge in [0.2, 0.25) is 0 Å². The molecule has 1 unspecified atom stereocenters. The van der Waals surface area contributed by atoms with Gasteiger partial charge >= 0.3 is 0 Å². The van der Waals surface area contributed by atoms with Crippen molar-refractivity contribution in [1.82, 2.24) is 5.32 Å². The quantitative estimate of drug-likeness (QED) is 0.600. The number of nitrogens with one attached hydrogen (secondary N) is 1. The van der Waals surface area contributed by atoms with Gasteiger partial charge in [0.25, 0.3) is 0 Å². The molecule has 1 rings (SSSR count). The Hall–Kier alpha value is -0.300. The van der Waals surface area contributed by atoms with Crippen LogP contribution in [0.15, 0.2) is 12.2 Å². The zero-order valence-corrected chi connectivity index (χ0v) is 8.40. The van der Waals surface area contributed by atoms with Gasteiger partial charge in [-0.3, -0.25) is 0 Å². The van der Waals surface area contributed by atoms with E-state index < -0.39 is 0 Å². The second-order valence-electron chi connectivity index (χ2n) is 4.24. The van der Waals surface area contributed by atoms with Crippen molar-refractivity contribution >= 4 is 0 Å². The summed E-state index contributed by atoms with van der Waals surface area (Å²) in [7, 11) is 0. The number of hydrogen-bond acceptors (Lipinski definition) is 1. The number of rotatable bonds is 6. The third kappa shape index (κ3) is 4.55. The lowest BCUT2D eigenvalue weighted by Crippen LogP contribution is -2.27. The first kappa shape index (κ1) is 9.79. The van der Waals surface area contributed by atoms with E-state index >= 15 is 0 Å². The van der Waals surface area contributed by atoms with Gasteiger partial charge in [-0.25, -0.2) is 0 Å². The van der Waals surface area contributed by atoms with Crippen LogP contribution in [0.25, 0.3) is 0 Å². The standard InChI is InChI=1S/C11H21N/c1-9(2)6-7-12-10(3)8-11-4-5-11/h10-12H,1,4-8H2,2-3H3. The summed E-state index contributed by atoms with van der Waals surface area (Å²) >= 11 is 0. The third-order valence-corrected chi connectivity index (χ3v) is 2.43. The van der Waals surface area contributed by atoms with Crippen molar-refractivity contribution in [3.8, 4) is 0 Å². The van der Waals surface area contributed by atoms with Crippen molar-refractivity contribution in [3.05, 3.63) is 12.2 Å². The molecule has 1 nitrogen and oxygen atoms in total. The van der Waals surface area contributed by atoms with Crippen LogP contribution >= 0.6 is 0 Å². The van der Waals surface area contributed by atoms with E-state index in [-0.39, 0.29) is 0 Å².